The van der Waals surface area contributed by atoms with Crippen LogP contribution in [0.25, 0.3) is 0 Å². The van der Waals surface area contributed by atoms with Crippen molar-refractivity contribution in [3.63, 3.8) is 0 Å². The van der Waals surface area contributed by atoms with Crippen LogP contribution < -0.4 is 21.3 Å². The van der Waals surface area contributed by atoms with E-state index in [4.69, 9.17) is 0 Å². The van der Waals surface area contributed by atoms with E-state index in [0.29, 0.717) is 0 Å². The Morgan fingerprint density at radius 2 is 0.944 bits per heavy atom. The fraction of sp³-hybridized carbons (Fsp3) is 0.333. The molecule has 3 rings (SSSR count). The van der Waals surface area contributed by atoms with Crippen LogP contribution in [-0.2, 0) is 11.1 Å². The average Bonchev–Trinajstić information content (AvgIpc) is 2.84. The van der Waals surface area contributed by atoms with Gasteiger partial charge in [0, 0.05) is 0 Å². The van der Waals surface area contributed by atoms with Crippen LogP contribution in [0.15, 0.2) is 84.9 Å². The maximum atomic E-state index is 12.8. The fourth-order valence-electron chi connectivity index (χ4n) is 4.12. The summed E-state index contributed by atoms with van der Waals surface area (Å²) in [6, 6.07) is 26.9. The van der Waals surface area contributed by atoms with Gasteiger partial charge in [-0.3, -0.25) is 0 Å². The highest BCUT2D eigenvalue weighted by Gasteiger charge is 2.28. The van der Waals surface area contributed by atoms with E-state index in [1.165, 1.54) is 0 Å². The zero-order valence-corrected chi connectivity index (χ0v) is 22.1. The van der Waals surface area contributed by atoms with Gasteiger partial charge >= 0.3 is 12.1 Å². The van der Waals surface area contributed by atoms with Gasteiger partial charge in [0.25, 0.3) is 0 Å². The first-order valence-corrected chi connectivity index (χ1v) is 12.4. The summed E-state index contributed by atoms with van der Waals surface area (Å²) in [7, 11) is 0. The maximum Gasteiger partial charge on any atom is 0.315 e. The van der Waals surface area contributed by atoms with Crippen LogP contribution in [0, 0.1) is 0 Å². The van der Waals surface area contributed by atoms with Crippen molar-refractivity contribution in [2.24, 2.45) is 0 Å². The summed E-state index contributed by atoms with van der Waals surface area (Å²) in [5, 5.41) is 12.2. The van der Waals surface area contributed by atoms with Crippen LogP contribution in [0.1, 0.15) is 75.9 Å². The van der Waals surface area contributed by atoms with E-state index in [1.807, 2.05) is 126 Å². The molecule has 0 aliphatic heterocycles. The van der Waals surface area contributed by atoms with E-state index >= 15 is 0 Å². The first-order valence-electron chi connectivity index (χ1n) is 12.4. The van der Waals surface area contributed by atoms with Gasteiger partial charge in [-0.1, -0.05) is 84.9 Å². The minimum atomic E-state index is -0.628. The molecule has 4 amide bonds. The van der Waals surface area contributed by atoms with Gasteiger partial charge in [-0.15, -0.1) is 0 Å². The molecule has 0 fully saturated rings. The molecule has 0 aliphatic carbocycles. The molecular formula is C30H38N4O2. The Morgan fingerprint density at radius 3 is 1.31 bits per heavy atom. The molecule has 3 aromatic carbocycles. The minimum Gasteiger partial charge on any atom is -0.332 e. The van der Waals surface area contributed by atoms with Gasteiger partial charge in [0.05, 0.1) is 23.2 Å². The first-order chi connectivity index (χ1) is 17.0. The molecule has 0 aromatic heterocycles. The lowest BCUT2D eigenvalue weighted by Crippen LogP contribution is -2.48. The standard InChI is InChI=1S/C30H38N4O2/c1-21(23-14-9-7-10-15-23)31-27(35)33-29(3,4)25-18-13-19-26(20-25)30(5,6)34-28(36)32-22(2)24-16-11-8-12-17-24/h7-22H,1-6H3,(H2,31,33,35)(H2,32,34,36)/t21-,22-/m0/s1. The molecule has 0 saturated heterocycles. The molecule has 36 heavy (non-hydrogen) atoms. The Bertz CT molecular complexity index is 1070. The number of hydrogen-bond donors (Lipinski definition) is 4. The van der Waals surface area contributed by atoms with Crippen LogP contribution in [0.3, 0.4) is 0 Å². The zero-order chi connectivity index (χ0) is 26.3. The third kappa shape index (κ3) is 7.11. The van der Waals surface area contributed by atoms with Gasteiger partial charge < -0.3 is 21.3 Å². The second-order valence-corrected chi connectivity index (χ2v) is 10.3. The number of rotatable bonds is 8. The van der Waals surface area contributed by atoms with Crippen molar-refractivity contribution in [2.45, 2.75) is 64.7 Å². The monoisotopic (exact) mass is 486 g/mol. The lowest BCUT2D eigenvalue weighted by Gasteiger charge is -2.32. The van der Waals surface area contributed by atoms with Crippen molar-refractivity contribution in [1.29, 1.82) is 0 Å². The molecule has 0 saturated carbocycles. The largest absolute Gasteiger partial charge is 0.332 e. The smallest absolute Gasteiger partial charge is 0.315 e. The Morgan fingerprint density at radius 1 is 0.583 bits per heavy atom. The summed E-state index contributed by atoms with van der Waals surface area (Å²) in [4.78, 5) is 25.6. The van der Waals surface area contributed by atoms with Crippen LogP contribution in [-0.4, -0.2) is 12.1 Å². The van der Waals surface area contributed by atoms with Crippen LogP contribution in [0.2, 0.25) is 0 Å². The molecule has 2 atom stereocenters. The quantitative estimate of drug-likeness (QED) is 0.302. The molecule has 0 unspecified atom stereocenters. The van der Waals surface area contributed by atoms with Crippen molar-refractivity contribution < 1.29 is 9.59 Å². The summed E-state index contributed by atoms with van der Waals surface area (Å²) in [6.45, 7) is 11.8. The number of carbonyl (C=O) groups excluding carboxylic acids is 2. The van der Waals surface area contributed by atoms with Crippen molar-refractivity contribution >= 4 is 12.1 Å². The van der Waals surface area contributed by atoms with Gasteiger partial charge in [-0.25, -0.2) is 9.59 Å². The molecule has 0 radical (unpaired) electrons. The molecule has 0 heterocycles. The van der Waals surface area contributed by atoms with Gasteiger partial charge in [-0.2, -0.15) is 0 Å². The Hall–Kier alpha value is -3.80. The van der Waals surface area contributed by atoms with E-state index < -0.39 is 11.1 Å². The summed E-state index contributed by atoms with van der Waals surface area (Å²) in [5.41, 5.74) is 2.71. The molecule has 0 aliphatic rings. The Kier molecular flexibility index (Phi) is 8.41. The summed E-state index contributed by atoms with van der Waals surface area (Å²) >= 11 is 0. The van der Waals surface area contributed by atoms with Gasteiger partial charge in [-0.05, 0) is 63.8 Å². The first kappa shape index (κ1) is 26.8. The van der Waals surface area contributed by atoms with E-state index in [0.717, 1.165) is 22.3 Å². The summed E-state index contributed by atoms with van der Waals surface area (Å²) < 4.78 is 0. The Labute approximate surface area is 214 Å². The molecule has 0 bridgehead atoms. The number of benzene rings is 3. The van der Waals surface area contributed by atoms with Crippen LogP contribution in [0.4, 0.5) is 9.59 Å². The minimum absolute atomic E-state index is 0.117. The number of amides is 4. The summed E-state index contributed by atoms with van der Waals surface area (Å²) in [6.07, 6.45) is 0. The maximum absolute atomic E-state index is 12.8. The molecule has 0 spiro atoms. The SMILES string of the molecule is C[C@H](NC(=O)NC(C)(C)c1cccc(C(C)(C)NC(=O)N[C@@H](C)c2ccccc2)c1)c1ccccc1. The molecule has 6 heteroatoms. The lowest BCUT2D eigenvalue weighted by atomic mass is 9.87. The zero-order valence-electron chi connectivity index (χ0n) is 22.1. The van der Waals surface area contributed by atoms with Gasteiger partial charge in [0.1, 0.15) is 0 Å². The van der Waals surface area contributed by atoms with Gasteiger partial charge in [0.15, 0.2) is 0 Å². The van der Waals surface area contributed by atoms with E-state index in [1.54, 1.807) is 0 Å². The van der Waals surface area contributed by atoms with E-state index in [2.05, 4.69) is 21.3 Å². The average molecular weight is 487 g/mol. The fourth-order valence-corrected chi connectivity index (χ4v) is 4.12. The molecular weight excluding hydrogens is 448 g/mol. The molecule has 190 valence electrons. The van der Waals surface area contributed by atoms with E-state index in [-0.39, 0.29) is 24.1 Å². The predicted octanol–water partition coefficient (Wildman–Crippen LogP) is 6.28. The highest BCUT2D eigenvalue weighted by atomic mass is 16.2. The second-order valence-electron chi connectivity index (χ2n) is 10.3. The number of urea groups is 2. The van der Waals surface area contributed by atoms with Crippen LogP contribution in [0.5, 0.6) is 0 Å². The lowest BCUT2D eigenvalue weighted by molar-refractivity contribution is 0.226. The molecule has 3 aromatic rings. The molecule has 6 nitrogen and oxygen atoms in total. The van der Waals surface area contributed by atoms with E-state index in [9.17, 15) is 9.59 Å². The van der Waals surface area contributed by atoms with Gasteiger partial charge in [0.2, 0.25) is 0 Å². The number of hydrogen-bond acceptors (Lipinski definition) is 2. The highest BCUT2D eigenvalue weighted by Crippen LogP contribution is 2.27. The Balaban J connectivity index is 1.65. The molecule has 4 N–H and O–H groups in total. The topological polar surface area (TPSA) is 82.3 Å². The van der Waals surface area contributed by atoms with Crippen LogP contribution >= 0.6 is 0 Å². The van der Waals surface area contributed by atoms with Crippen molar-refractivity contribution in [2.75, 3.05) is 0 Å². The second kappa shape index (κ2) is 11.3. The normalized spacial score (nSPS) is 13.3. The predicted molar refractivity (Wildman–Crippen MR) is 146 cm³/mol. The number of nitrogens with one attached hydrogen (secondary N) is 4. The van der Waals surface area contributed by atoms with Crippen molar-refractivity contribution in [3.8, 4) is 0 Å². The highest BCUT2D eigenvalue weighted by molar-refractivity contribution is 5.76. The third-order valence-electron chi connectivity index (χ3n) is 6.45. The third-order valence-corrected chi connectivity index (χ3v) is 6.45. The number of carbonyl (C=O) groups is 2. The van der Waals surface area contributed by atoms with Crippen molar-refractivity contribution in [1.82, 2.24) is 21.3 Å². The summed E-state index contributed by atoms with van der Waals surface area (Å²) in [5.74, 6) is 0. The van der Waals surface area contributed by atoms with Crippen molar-refractivity contribution in [3.05, 3.63) is 107 Å².